The molecule has 0 bridgehead atoms. The molecule has 0 aliphatic rings. The summed E-state index contributed by atoms with van der Waals surface area (Å²) in [6.07, 6.45) is 6.43. The van der Waals surface area contributed by atoms with Gasteiger partial charge in [0.05, 0.1) is 0 Å². The Morgan fingerprint density at radius 2 is 2.38 bits per heavy atom. The SMILES string of the molecule is CC(=O)NCCC=Cc1cc(C)cnc1N. The molecular weight excluding hydrogens is 202 g/mol. The predicted octanol–water partition coefficient (Wildman–Crippen LogP) is 1.51. The Labute approximate surface area is 95.6 Å². The van der Waals surface area contributed by atoms with Crippen LogP contribution in [0.4, 0.5) is 5.82 Å². The van der Waals surface area contributed by atoms with E-state index in [1.54, 1.807) is 6.20 Å². The van der Waals surface area contributed by atoms with Crippen LogP contribution in [0.15, 0.2) is 18.3 Å². The number of carbonyl (C=O) groups is 1. The average Bonchev–Trinajstić information content (AvgIpc) is 2.22. The average molecular weight is 219 g/mol. The Morgan fingerprint density at radius 1 is 1.62 bits per heavy atom. The molecule has 0 aliphatic heterocycles. The highest BCUT2D eigenvalue weighted by Gasteiger charge is 1.96. The van der Waals surface area contributed by atoms with Crippen LogP contribution in [0.25, 0.3) is 6.08 Å². The third kappa shape index (κ3) is 4.13. The first kappa shape index (κ1) is 12.2. The number of rotatable bonds is 4. The van der Waals surface area contributed by atoms with Crippen molar-refractivity contribution in [2.75, 3.05) is 12.3 Å². The lowest BCUT2D eigenvalue weighted by molar-refractivity contribution is -0.118. The van der Waals surface area contributed by atoms with Crippen LogP contribution >= 0.6 is 0 Å². The predicted molar refractivity (Wildman–Crippen MR) is 65.7 cm³/mol. The van der Waals surface area contributed by atoms with E-state index in [1.165, 1.54) is 6.92 Å². The second kappa shape index (κ2) is 5.90. The number of nitrogens with two attached hydrogens (primary N) is 1. The molecule has 16 heavy (non-hydrogen) atoms. The Morgan fingerprint density at radius 3 is 3.06 bits per heavy atom. The maximum Gasteiger partial charge on any atom is 0.216 e. The summed E-state index contributed by atoms with van der Waals surface area (Å²) in [6, 6.07) is 1.98. The lowest BCUT2D eigenvalue weighted by atomic mass is 10.2. The van der Waals surface area contributed by atoms with Gasteiger partial charge in [0.15, 0.2) is 0 Å². The number of hydrogen-bond donors (Lipinski definition) is 2. The zero-order valence-corrected chi connectivity index (χ0v) is 9.66. The van der Waals surface area contributed by atoms with E-state index in [0.29, 0.717) is 12.4 Å². The van der Waals surface area contributed by atoms with Crippen molar-refractivity contribution in [2.24, 2.45) is 0 Å². The maximum atomic E-state index is 10.6. The minimum atomic E-state index is -0.00913. The molecule has 1 rings (SSSR count). The van der Waals surface area contributed by atoms with Crippen LogP contribution in [0.1, 0.15) is 24.5 Å². The van der Waals surface area contributed by atoms with Crippen LogP contribution in [0.5, 0.6) is 0 Å². The molecule has 1 aromatic heterocycles. The number of anilines is 1. The molecule has 1 amide bonds. The van der Waals surface area contributed by atoms with Crippen LogP contribution < -0.4 is 11.1 Å². The summed E-state index contributed by atoms with van der Waals surface area (Å²) in [7, 11) is 0. The van der Waals surface area contributed by atoms with E-state index < -0.39 is 0 Å². The van der Waals surface area contributed by atoms with Crippen molar-refractivity contribution in [3.05, 3.63) is 29.5 Å². The van der Waals surface area contributed by atoms with Gasteiger partial charge < -0.3 is 11.1 Å². The van der Waals surface area contributed by atoms with Gasteiger partial charge in [-0.15, -0.1) is 0 Å². The molecule has 86 valence electrons. The topological polar surface area (TPSA) is 68.0 Å². The Balaban J connectivity index is 2.49. The minimum absolute atomic E-state index is 0.00913. The first-order chi connectivity index (χ1) is 7.59. The van der Waals surface area contributed by atoms with Gasteiger partial charge in [0.2, 0.25) is 5.91 Å². The number of amides is 1. The number of nitrogen functional groups attached to an aromatic ring is 1. The van der Waals surface area contributed by atoms with Crippen LogP contribution in [-0.4, -0.2) is 17.4 Å². The smallest absolute Gasteiger partial charge is 0.216 e. The lowest BCUT2D eigenvalue weighted by Gasteiger charge is -2.01. The van der Waals surface area contributed by atoms with Gasteiger partial charge in [-0.3, -0.25) is 4.79 Å². The highest BCUT2D eigenvalue weighted by molar-refractivity contribution is 5.72. The van der Waals surface area contributed by atoms with E-state index >= 15 is 0 Å². The molecule has 0 unspecified atom stereocenters. The number of nitrogens with one attached hydrogen (secondary N) is 1. The lowest BCUT2D eigenvalue weighted by Crippen LogP contribution is -2.20. The number of carbonyl (C=O) groups excluding carboxylic acids is 1. The summed E-state index contributed by atoms with van der Waals surface area (Å²) in [5.74, 6) is 0.520. The van der Waals surface area contributed by atoms with Crippen molar-refractivity contribution >= 4 is 17.8 Å². The molecule has 0 saturated carbocycles. The molecular formula is C12H17N3O. The molecule has 0 atom stereocenters. The number of hydrogen-bond acceptors (Lipinski definition) is 3. The van der Waals surface area contributed by atoms with E-state index in [-0.39, 0.29) is 5.91 Å². The molecule has 1 heterocycles. The Hall–Kier alpha value is -1.84. The van der Waals surface area contributed by atoms with Gasteiger partial charge in [0, 0.05) is 25.2 Å². The Bertz CT molecular complexity index is 399. The zero-order chi connectivity index (χ0) is 12.0. The van der Waals surface area contributed by atoms with Crippen LogP contribution in [-0.2, 0) is 4.79 Å². The standard InChI is InChI=1S/C12H17N3O/c1-9-7-11(12(13)15-8-9)5-3-4-6-14-10(2)16/h3,5,7-8H,4,6H2,1-2H3,(H2,13,15)(H,14,16). The molecule has 0 fully saturated rings. The van der Waals surface area contributed by atoms with Crippen molar-refractivity contribution in [3.63, 3.8) is 0 Å². The second-order valence-electron chi connectivity index (χ2n) is 3.66. The molecule has 0 aromatic carbocycles. The third-order valence-electron chi connectivity index (χ3n) is 2.07. The number of aromatic nitrogens is 1. The third-order valence-corrected chi connectivity index (χ3v) is 2.07. The van der Waals surface area contributed by atoms with Gasteiger partial charge in [-0.1, -0.05) is 12.2 Å². The van der Waals surface area contributed by atoms with Crippen molar-refractivity contribution in [1.29, 1.82) is 0 Å². The maximum absolute atomic E-state index is 10.6. The summed E-state index contributed by atoms with van der Waals surface area (Å²) in [5.41, 5.74) is 7.72. The van der Waals surface area contributed by atoms with Gasteiger partial charge in [-0.05, 0) is 25.0 Å². The summed E-state index contributed by atoms with van der Waals surface area (Å²) < 4.78 is 0. The monoisotopic (exact) mass is 219 g/mol. The molecule has 0 aliphatic carbocycles. The fraction of sp³-hybridized carbons (Fsp3) is 0.333. The van der Waals surface area contributed by atoms with E-state index in [1.807, 2.05) is 25.1 Å². The van der Waals surface area contributed by atoms with E-state index in [4.69, 9.17) is 5.73 Å². The molecule has 4 nitrogen and oxygen atoms in total. The summed E-state index contributed by atoms with van der Waals surface area (Å²) in [5, 5.41) is 2.72. The normalized spacial score (nSPS) is 10.6. The molecule has 4 heteroatoms. The number of aryl methyl sites for hydroxylation is 1. The first-order valence-corrected chi connectivity index (χ1v) is 5.22. The largest absolute Gasteiger partial charge is 0.383 e. The highest BCUT2D eigenvalue weighted by atomic mass is 16.1. The quantitative estimate of drug-likeness (QED) is 0.754. The van der Waals surface area contributed by atoms with Gasteiger partial charge >= 0.3 is 0 Å². The number of nitrogens with zero attached hydrogens (tertiary/aromatic N) is 1. The van der Waals surface area contributed by atoms with Gasteiger partial charge in [-0.25, -0.2) is 4.98 Å². The highest BCUT2D eigenvalue weighted by Crippen LogP contribution is 2.12. The first-order valence-electron chi connectivity index (χ1n) is 5.22. The molecule has 0 saturated heterocycles. The Kier molecular flexibility index (Phi) is 4.51. The van der Waals surface area contributed by atoms with Crippen molar-refractivity contribution in [3.8, 4) is 0 Å². The number of pyridine rings is 1. The molecule has 0 spiro atoms. The second-order valence-corrected chi connectivity index (χ2v) is 3.66. The molecule has 1 aromatic rings. The van der Waals surface area contributed by atoms with Crippen LogP contribution in [0.2, 0.25) is 0 Å². The summed E-state index contributed by atoms with van der Waals surface area (Å²) >= 11 is 0. The fourth-order valence-electron chi connectivity index (χ4n) is 1.28. The zero-order valence-electron chi connectivity index (χ0n) is 9.66. The van der Waals surface area contributed by atoms with Gasteiger partial charge in [0.25, 0.3) is 0 Å². The van der Waals surface area contributed by atoms with E-state index in [0.717, 1.165) is 17.5 Å². The van der Waals surface area contributed by atoms with Crippen molar-refractivity contribution < 1.29 is 4.79 Å². The van der Waals surface area contributed by atoms with Crippen LogP contribution in [0.3, 0.4) is 0 Å². The molecule has 3 N–H and O–H groups in total. The minimum Gasteiger partial charge on any atom is -0.383 e. The van der Waals surface area contributed by atoms with Gasteiger partial charge in [-0.2, -0.15) is 0 Å². The summed E-state index contributed by atoms with van der Waals surface area (Å²) in [6.45, 7) is 4.12. The van der Waals surface area contributed by atoms with Crippen molar-refractivity contribution in [1.82, 2.24) is 10.3 Å². The fourth-order valence-corrected chi connectivity index (χ4v) is 1.28. The van der Waals surface area contributed by atoms with Crippen molar-refractivity contribution in [2.45, 2.75) is 20.3 Å². The van der Waals surface area contributed by atoms with E-state index in [2.05, 4.69) is 10.3 Å². The van der Waals surface area contributed by atoms with Crippen LogP contribution in [0, 0.1) is 6.92 Å². The molecule has 0 radical (unpaired) electrons. The summed E-state index contributed by atoms with van der Waals surface area (Å²) in [4.78, 5) is 14.7. The van der Waals surface area contributed by atoms with Gasteiger partial charge in [0.1, 0.15) is 5.82 Å². The van der Waals surface area contributed by atoms with E-state index in [9.17, 15) is 4.79 Å².